The van der Waals surface area contributed by atoms with Crippen LogP contribution in [0.4, 0.5) is 8.78 Å². The van der Waals surface area contributed by atoms with Gasteiger partial charge in [0.2, 0.25) is 0 Å². The fourth-order valence-electron chi connectivity index (χ4n) is 1.47. The van der Waals surface area contributed by atoms with Gasteiger partial charge >= 0.3 is 0 Å². The normalized spacial score (nSPS) is 9.53. The van der Waals surface area contributed by atoms with E-state index >= 15 is 0 Å². The minimum Gasteiger partial charge on any atom is -0.457 e. The van der Waals surface area contributed by atoms with Crippen molar-refractivity contribution in [2.24, 2.45) is 0 Å². The molecule has 2 rings (SSSR count). The maximum absolute atomic E-state index is 12.9. The SMILES string of the molecule is CC.CCc1ccc(Oc2ccc(F)c(F)c2)cc1. The summed E-state index contributed by atoms with van der Waals surface area (Å²) in [5.74, 6) is -0.896. The number of ether oxygens (including phenoxy) is 1. The smallest absolute Gasteiger partial charge is 0.162 e. The van der Waals surface area contributed by atoms with Crippen LogP contribution in [-0.2, 0) is 6.42 Å². The van der Waals surface area contributed by atoms with Gasteiger partial charge in [0, 0.05) is 6.07 Å². The second kappa shape index (κ2) is 7.52. The zero-order valence-corrected chi connectivity index (χ0v) is 11.4. The van der Waals surface area contributed by atoms with E-state index in [2.05, 4.69) is 6.92 Å². The quantitative estimate of drug-likeness (QED) is 0.726. The maximum Gasteiger partial charge on any atom is 0.162 e. The Morgan fingerprint density at radius 2 is 1.42 bits per heavy atom. The molecule has 0 aromatic heterocycles. The first-order valence-electron chi connectivity index (χ1n) is 6.41. The molecule has 0 aliphatic carbocycles. The van der Waals surface area contributed by atoms with Gasteiger partial charge in [-0.25, -0.2) is 8.78 Å². The van der Waals surface area contributed by atoms with E-state index in [1.807, 2.05) is 26.0 Å². The van der Waals surface area contributed by atoms with Gasteiger partial charge < -0.3 is 4.74 Å². The Kier molecular flexibility index (Phi) is 6.00. The molecule has 0 aliphatic heterocycles. The summed E-state index contributed by atoms with van der Waals surface area (Å²) in [6.45, 7) is 6.06. The average Bonchev–Trinajstić information content (AvgIpc) is 2.46. The highest BCUT2D eigenvalue weighted by Crippen LogP contribution is 2.23. The molecule has 1 nitrogen and oxygen atoms in total. The Morgan fingerprint density at radius 1 is 0.842 bits per heavy atom. The number of halogens is 2. The summed E-state index contributed by atoms with van der Waals surface area (Å²) in [5, 5.41) is 0. The molecule has 0 fully saturated rings. The minimum atomic E-state index is -0.910. The summed E-state index contributed by atoms with van der Waals surface area (Å²) >= 11 is 0. The first-order chi connectivity index (χ1) is 9.19. The lowest BCUT2D eigenvalue weighted by Crippen LogP contribution is -1.88. The molecule has 0 atom stereocenters. The van der Waals surface area contributed by atoms with Crippen LogP contribution in [-0.4, -0.2) is 0 Å². The summed E-state index contributed by atoms with van der Waals surface area (Å²) < 4.78 is 31.1. The van der Waals surface area contributed by atoms with E-state index in [1.165, 1.54) is 11.6 Å². The van der Waals surface area contributed by atoms with E-state index in [9.17, 15) is 8.78 Å². The van der Waals surface area contributed by atoms with E-state index in [0.717, 1.165) is 18.6 Å². The predicted molar refractivity (Wildman–Crippen MR) is 73.6 cm³/mol. The fourth-order valence-corrected chi connectivity index (χ4v) is 1.47. The van der Waals surface area contributed by atoms with E-state index in [1.54, 1.807) is 12.1 Å². The molecule has 2 aromatic carbocycles. The highest BCUT2D eigenvalue weighted by atomic mass is 19.2. The van der Waals surface area contributed by atoms with Crippen LogP contribution in [0.1, 0.15) is 26.3 Å². The highest BCUT2D eigenvalue weighted by Gasteiger charge is 2.04. The number of hydrogen-bond acceptors (Lipinski definition) is 1. The van der Waals surface area contributed by atoms with Gasteiger partial charge in [-0.15, -0.1) is 0 Å². The zero-order chi connectivity index (χ0) is 14.3. The molecule has 0 amide bonds. The predicted octanol–water partition coefficient (Wildman–Crippen LogP) is 5.35. The molecular weight excluding hydrogens is 246 g/mol. The third-order valence-corrected chi connectivity index (χ3v) is 2.46. The summed E-state index contributed by atoms with van der Waals surface area (Å²) in [6.07, 6.45) is 0.950. The monoisotopic (exact) mass is 264 g/mol. The van der Waals surface area contributed by atoms with Crippen LogP contribution in [0.2, 0.25) is 0 Å². The lowest BCUT2D eigenvalue weighted by Gasteiger charge is -2.06. The fraction of sp³-hybridized carbons (Fsp3) is 0.250. The van der Waals surface area contributed by atoms with E-state index in [4.69, 9.17) is 4.74 Å². The number of rotatable bonds is 3. The number of hydrogen-bond donors (Lipinski definition) is 0. The van der Waals surface area contributed by atoms with Crippen molar-refractivity contribution in [2.45, 2.75) is 27.2 Å². The van der Waals surface area contributed by atoms with Gasteiger partial charge in [-0.1, -0.05) is 32.9 Å². The van der Waals surface area contributed by atoms with E-state index in [0.29, 0.717) is 5.75 Å². The summed E-state index contributed by atoms with van der Waals surface area (Å²) in [7, 11) is 0. The summed E-state index contributed by atoms with van der Waals surface area (Å²) in [5.41, 5.74) is 1.20. The Labute approximate surface area is 112 Å². The van der Waals surface area contributed by atoms with Gasteiger partial charge in [0.25, 0.3) is 0 Å². The van der Waals surface area contributed by atoms with Crippen LogP contribution in [0.15, 0.2) is 42.5 Å². The van der Waals surface area contributed by atoms with Crippen LogP contribution >= 0.6 is 0 Å². The standard InChI is InChI=1S/C14H12F2O.C2H6/c1-2-10-3-5-11(6-4-10)17-12-7-8-13(15)14(16)9-12;1-2/h3-9H,2H2,1H3;1-2H3. The third kappa shape index (κ3) is 4.36. The minimum absolute atomic E-state index is 0.285. The van der Waals surface area contributed by atoms with Gasteiger partial charge in [0.15, 0.2) is 11.6 Å². The van der Waals surface area contributed by atoms with Crippen molar-refractivity contribution in [1.29, 1.82) is 0 Å². The molecule has 0 saturated heterocycles. The van der Waals surface area contributed by atoms with Crippen molar-refractivity contribution >= 4 is 0 Å². The van der Waals surface area contributed by atoms with Crippen LogP contribution in [0, 0.1) is 11.6 Å². The van der Waals surface area contributed by atoms with Crippen LogP contribution < -0.4 is 4.74 Å². The Bertz CT molecular complexity index is 507. The molecule has 102 valence electrons. The largest absolute Gasteiger partial charge is 0.457 e. The first-order valence-corrected chi connectivity index (χ1v) is 6.41. The van der Waals surface area contributed by atoms with Crippen molar-refractivity contribution in [3.63, 3.8) is 0 Å². The Hall–Kier alpha value is -1.90. The molecule has 0 unspecified atom stereocenters. The number of benzene rings is 2. The topological polar surface area (TPSA) is 9.23 Å². The van der Waals surface area contributed by atoms with Crippen LogP contribution in [0.25, 0.3) is 0 Å². The van der Waals surface area contributed by atoms with Gasteiger partial charge in [0.1, 0.15) is 11.5 Å². The lowest BCUT2D eigenvalue weighted by molar-refractivity contribution is 0.461. The van der Waals surface area contributed by atoms with E-state index in [-0.39, 0.29) is 5.75 Å². The van der Waals surface area contributed by atoms with Crippen molar-refractivity contribution in [3.05, 3.63) is 59.7 Å². The number of aryl methyl sites for hydroxylation is 1. The maximum atomic E-state index is 12.9. The van der Waals surface area contributed by atoms with Crippen LogP contribution in [0.3, 0.4) is 0 Å². The molecule has 0 bridgehead atoms. The summed E-state index contributed by atoms with van der Waals surface area (Å²) in [6, 6.07) is 11.0. The Balaban J connectivity index is 0.000000861. The van der Waals surface area contributed by atoms with Gasteiger partial charge in [0.05, 0.1) is 0 Å². The highest BCUT2D eigenvalue weighted by molar-refractivity contribution is 5.33. The molecule has 0 spiro atoms. The molecule has 0 saturated carbocycles. The van der Waals surface area contributed by atoms with Crippen molar-refractivity contribution in [1.82, 2.24) is 0 Å². The average molecular weight is 264 g/mol. The second-order valence-electron chi connectivity index (χ2n) is 3.68. The molecule has 19 heavy (non-hydrogen) atoms. The van der Waals surface area contributed by atoms with Crippen LogP contribution in [0.5, 0.6) is 11.5 Å². The van der Waals surface area contributed by atoms with Gasteiger partial charge in [-0.3, -0.25) is 0 Å². The summed E-state index contributed by atoms with van der Waals surface area (Å²) in [4.78, 5) is 0. The Morgan fingerprint density at radius 3 is 1.95 bits per heavy atom. The first kappa shape index (κ1) is 15.2. The van der Waals surface area contributed by atoms with Gasteiger partial charge in [-0.2, -0.15) is 0 Å². The van der Waals surface area contributed by atoms with Crippen molar-refractivity contribution in [2.75, 3.05) is 0 Å². The molecule has 2 aromatic rings. The molecule has 0 radical (unpaired) electrons. The van der Waals surface area contributed by atoms with E-state index < -0.39 is 11.6 Å². The molecule has 0 aliphatic rings. The lowest BCUT2D eigenvalue weighted by atomic mass is 10.2. The van der Waals surface area contributed by atoms with Gasteiger partial charge in [-0.05, 0) is 36.2 Å². The molecule has 0 N–H and O–H groups in total. The zero-order valence-electron chi connectivity index (χ0n) is 11.4. The molecule has 0 heterocycles. The van der Waals surface area contributed by atoms with Crippen molar-refractivity contribution < 1.29 is 13.5 Å². The van der Waals surface area contributed by atoms with Crippen molar-refractivity contribution in [3.8, 4) is 11.5 Å². The molecular formula is C16H18F2O. The second-order valence-corrected chi connectivity index (χ2v) is 3.68. The molecule has 3 heteroatoms. The third-order valence-electron chi connectivity index (χ3n) is 2.46.